The largest absolute Gasteiger partial charge is 0.496 e. The lowest BCUT2D eigenvalue weighted by Gasteiger charge is -2.40. The average Bonchev–Trinajstić information content (AvgIpc) is 3.54. The van der Waals surface area contributed by atoms with Crippen LogP contribution in [0, 0.1) is 11.3 Å². The third-order valence-electron chi connectivity index (χ3n) is 9.23. The molecule has 0 spiro atoms. The molecule has 5 rings (SSSR count). The molecule has 8 heteroatoms. The van der Waals surface area contributed by atoms with Crippen molar-refractivity contribution in [1.82, 2.24) is 9.80 Å². The number of carboxylic acid groups (broad SMARTS) is 1. The zero-order chi connectivity index (χ0) is 29.6. The van der Waals surface area contributed by atoms with Crippen molar-refractivity contribution < 1.29 is 24.2 Å². The van der Waals surface area contributed by atoms with E-state index in [9.17, 15) is 14.7 Å². The fraction of sp³-hybridized carbons (Fsp3) is 0.576. The first-order valence-electron chi connectivity index (χ1n) is 14.8. The fourth-order valence-corrected chi connectivity index (χ4v) is 7.68. The van der Waals surface area contributed by atoms with Crippen molar-refractivity contribution >= 4 is 23.5 Å². The monoisotopic (exact) mass is 582 g/mol. The number of halogens is 1. The molecule has 1 N–H and O–H groups in total. The van der Waals surface area contributed by atoms with Gasteiger partial charge in [-0.05, 0) is 59.4 Å². The number of benzene rings is 2. The highest BCUT2D eigenvalue weighted by molar-refractivity contribution is 6.31. The zero-order valence-electron chi connectivity index (χ0n) is 25.0. The minimum Gasteiger partial charge on any atom is -0.496 e. The van der Waals surface area contributed by atoms with Crippen LogP contribution in [-0.2, 0) is 27.4 Å². The minimum atomic E-state index is -1.01. The van der Waals surface area contributed by atoms with Gasteiger partial charge in [-0.25, -0.2) is 4.79 Å². The smallest absolute Gasteiger partial charge is 0.326 e. The second kappa shape index (κ2) is 11.6. The summed E-state index contributed by atoms with van der Waals surface area (Å²) in [7, 11) is 1.66. The lowest BCUT2D eigenvalue weighted by molar-refractivity contribution is -0.159. The Bertz CT molecular complexity index is 1300. The number of hydrogen-bond acceptors (Lipinski definition) is 5. The van der Waals surface area contributed by atoms with E-state index >= 15 is 0 Å². The van der Waals surface area contributed by atoms with Gasteiger partial charge >= 0.3 is 5.97 Å². The van der Waals surface area contributed by atoms with E-state index in [1.807, 2.05) is 24.3 Å². The fourth-order valence-electron chi connectivity index (χ4n) is 7.45. The summed E-state index contributed by atoms with van der Waals surface area (Å²) < 4.78 is 11.7. The highest BCUT2D eigenvalue weighted by Crippen LogP contribution is 2.53. The first-order chi connectivity index (χ1) is 19.5. The molecular weight excluding hydrogens is 540 g/mol. The molecule has 2 aromatic carbocycles. The van der Waals surface area contributed by atoms with Gasteiger partial charge in [0.25, 0.3) is 5.91 Å². The summed E-state index contributed by atoms with van der Waals surface area (Å²) >= 11 is 6.72. The molecule has 0 aromatic heterocycles. The van der Waals surface area contributed by atoms with Crippen LogP contribution in [0.2, 0.25) is 5.02 Å². The molecule has 3 aliphatic heterocycles. The Morgan fingerprint density at radius 1 is 1.07 bits per heavy atom. The standard InChI is InChI=1S/C33H43ClN2O5/c1-19(2)20-11-7-8-12-21(20)28-29(35-17-22-23(18-35)25(40-6)15-14-24(22)34)27(33(3,4)5)30(32(38)39)36(28)31(37)26-13-9-10-16-41-26/h7-8,11-12,14-15,19,26-30H,9-10,13,16-18H2,1-6H3,(H,38,39)/t26-,27-,28?,29-,30-/m0/s1. The van der Waals surface area contributed by atoms with Gasteiger partial charge in [-0.3, -0.25) is 9.69 Å². The van der Waals surface area contributed by atoms with Crippen LogP contribution in [0.4, 0.5) is 0 Å². The van der Waals surface area contributed by atoms with Gasteiger partial charge in [0.2, 0.25) is 0 Å². The van der Waals surface area contributed by atoms with E-state index in [1.54, 1.807) is 12.0 Å². The average molecular weight is 583 g/mol. The molecule has 0 radical (unpaired) electrons. The highest BCUT2D eigenvalue weighted by atomic mass is 35.5. The number of carboxylic acids is 1. The molecule has 5 atom stereocenters. The van der Waals surface area contributed by atoms with E-state index in [4.69, 9.17) is 21.1 Å². The van der Waals surface area contributed by atoms with Crippen LogP contribution < -0.4 is 4.74 Å². The van der Waals surface area contributed by atoms with Gasteiger partial charge in [-0.2, -0.15) is 0 Å². The Kier molecular flexibility index (Phi) is 8.44. The van der Waals surface area contributed by atoms with Crippen molar-refractivity contribution in [2.45, 2.75) is 97.1 Å². The number of nitrogens with zero attached hydrogens (tertiary/aromatic N) is 2. The molecule has 0 bridgehead atoms. The summed E-state index contributed by atoms with van der Waals surface area (Å²) in [5.74, 6) is -0.593. The van der Waals surface area contributed by atoms with Crippen molar-refractivity contribution in [2.24, 2.45) is 11.3 Å². The molecule has 2 saturated heterocycles. The van der Waals surface area contributed by atoms with Crippen LogP contribution in [0.3, 0.4) is 0 Å². The Morgan fingerprint density at radius 3 is 2.39 bits per heavy atom. The molecule has 0 saturated carbocycles. The lowest BCUT2D eigenvalue weighted by Crippen LogP contribution is -2.51. The zero-order valence-corrected chi connectivity index (χ0v) is 25.8. The molecule has 2 fully saturated rings. The van der Waals surface area contributed by atoms with E-state index in [-0.39, 0.29) is 23.8 Å². The summed E-state index contributed by atoms with van der Waals surface area (Å²) in [4.78, 5) is 31.8. The van der Waals surface area contributed by atoms with Gasteiger partial charge in [0.05, 0.1) is 13.2 Å². The van der Waals surface area contributed by atoms with Gasteiger partial charge in [-0.15, -0.1) is 0 Å². The SMILES string of the molecule is COc1ccc(Cl)c2c1CN([C@@H]1C(c3ccccc3C(C)C)N(C(=O)[C@@H]3CCCCO3)[C@H](C(=O)O)[C@H]1C(C)(C)C)C2. The topological polar surface area (TPSA) is 79.3 Å². The second-order valence-electron chi connectivity index (χ2n) is 13.1. The quantitative estimate of drug-likeness (QED) is 0.423. The summed E-state index contributed by atoms with van der Waals surface area (Å²) in [6.07, 6.45) is 1.77. The number of aliphatic carboxylic acids is 1. The number of amides is 1. The number of likely N-dealkylation sites (tertiary alicyclic amines) is 1. The maximum absolute atomic E-state index is 14.5. The molecule has 3 aliphatic rings. The highest BCUT2D eigenvalue weighted by Gasteiger charge is 2.61. The third kappa shape index (κ3) is 5.37. The van der Waals surface area contributed by atoms with Crippen LogP contribution in [0.5, 0.6) is 5.75 Å². The summed E-state index contributed by atoms with van der Waals surface area (Å²) in [5, 5.41) is 11.5. The number of methoxy groups -OCH3 is 1. The number of carbonyl (C=O) groups is 2. The second-order valence-corrected chi connectivity index (χ2v) is 13.5. The number of hydrogen-bond donors (Lipinski definition) is 1. The molecule has 3 heterocycles. The van der Waals surface area contributed by atoms with Gasteiger partial charge in [0.15, 0.2) is 0 Å². The van der Waals surface area contributed by atoms with Gasteiger partial charge in [-0.1, -0.05) is 70.5 Å². The predicted molar refractivity (Wildman–Crippen MR) is 159 cm³/mol. The van der Waals surface area contributed by atoms with Crippen molar-refractivity contribution in [1.29, 1.82) is 0 Å². The predicted octanol–water partition coefficient (Wildman–Crippen LogP) is 6.42. The number of carbonyl (C=O) groups excluding carboxylic acids is 1. The van der Waals surface area contributed by atoms with E-state index in [2.05, 4.69) is 51.7 Å². The van der Waals surface area contributed by atoms with E-state index in [1.165, 1.54) is 0 Å². The van der Waals surface area contributed by atoms with Crippen LogP contribution in [0.25, 0.3) is 0 Å². The van der Waals surface area contributed by atoms with Crippen LogP contribution in [-0.4, -0.2) is 58.7 Å². The first kappa shape index (κ1) is 29.9. The first-order valence-corrected chi connectivity index (χ1v) is 15.2. The van der Waals surface area contributed by atoms with Crippen molar-refractivity contribution in [3.8, 4) is 5.75 Å². The molecular formula is C33H43ClN2O5. The Morgan fingerprint density at radius 2 is 1.78 bits per heavy atom. The molecule has 222 valence electrons. The van der Waals surface area contributed by atoms with Gasteiger partial charge in [0.1, 0.15) is 17.9 Å². The van der Waals surface area contributed by atoms with E-state index < -0.39 is 29.6 Å². The van der Waals surface area contributed by atoms with Gasteiger partial charge < -0.3 is 19.5 Å². The summed E-state index contributed by atoms with van der Waals surface area (Å²) in [6.45, 7) is 12.2. The molecule has 41 heavy (non-hydrogen) atoms. The Balaban J connectivity index is 1.72. The third-order valence-corrected chi connectivity index (χ3v) is 9.58. The van der Waals surface area contributed by atoms with Crippen LogP contribution in [0.1, 0.15) is 88.1 Å². The number of ether oxygens (including phenoxy) is 2. The Hall–Kier alpha value is -2.61. The maximum atomic E-state index is 14.5. The number of fused-ring (bicyclic) bond motifs is 1. The van der Waals surface area contributed by atoms with Gasteiger partial charge in [0, 0.05) is 42.2 Å². The number of rotatable bonds is 6. The van der Waals surface area contributed by atoms with Crippen LogP contribution >= 0.6 is 11.6 Å². The van der Waals surface area contributed by atoms with Crippen LogP contribution in [0.15, 0.2) is 36.4 Å². The van der Waals surface area contributed by atoms with Crippen molar-refractivity contribution in [3.05, 3.63) is 63.7 Å². The van der Waals surface area contributed by atoms with Crippen molar-refractivity contribution in [3.63, 3.8) is 0 Å². The summed E-state index contributed by atoms with van der Waals surface area (Å²) in [6, 6.07) is 10.2. The lowest BCUT2D eigenvalue weighted by atomic mass is 9.71. The molecule has 7 nitrogen and oxygen atoms in total. The molecule has 2 aromatic rings. The van der Waals surface area contributed by atoms with E-state index in [0.29, 0.717) is 31.1 Å². The van der Waals surface area contributed by atoms with E-state index in [0.717, 1.165) is 40.8 Å². The molecule has 0 aliphatic carbocycles. The molecule has 1 unspecified atom stereocenters. The Labute approximate surface area is 248 Å². The maximum Gasteiger partial charge on any atom is 0.326 e. The molecule has 1 amide bonds. The minimum absolute atomic E-state index is 0.192. The summed E-state index contributed by atoms with van der Waals surface area (Å²) in [5.41, 5.74) is 3.72. The normalized spacial score (nSPS) is 26.8. The van der Waals surface area contributed by atoms with Crippen molar-refractivity contribution in [2.75, 3.05) is 13.7 Å².